The molecular weight excluding hydrogens is 418 g/mol. The highest BCUT2D eigenvalue weighted by atomic mass is 32.2. The molecule has 1 atom stereocenters. The zero-order chi connectivity index (χ0) is 22.2. The van der Waals surface area contributed by atoms with Gasteiger partial charge in [-0.3, -0.25) is 9.59 Å². The molecule has 1 saturated heterocycles. The average Bonchev–Trinajstić information content (AvgIpc) is 3.11. The molecule has 31 heavy (non-hydrogen) atoms. The van der Waals surface area contributed by atoms with E-state index in [1.807, 2.05) is 19.1 Å². The Morgan fingerprint density at radius 2 is 1.90 bits per heavy atom. The number of hydrogen-bond donors (Lipinski definition) is 0. The Bertz CT molecular complexity index is 1290. The second-order valence-corrected chi connectivity index (χ2v) is 10.0. The Hall–Kier alpha value is -3.13. The summed E-state index contributed by atoms with van der Waals surface area (Å²) in [6.45, 7) is 2.06. The third kappa shape index (κ3) is 4.49. The maximum atomic E-state index is 13.4. The van der Waals surface area contributed by atoms with Crippen molar-refractivity contribution in [1.82, 2.24) is 4.90 Å². The van der Waals surface area contributed by atoms with Gasteiger partial charge in [0.15, 0.2) is 21.0 Å². The maximum absolute atomic E-state index is 13.4. The molecule has 8 heteroatoms. The van der Waals surface area contributed by atoms with Crippen LogP contribution in [-0.2, 0) is 16.4 Å². The average molecular weight is 442 g/mol. The van der Waals surface area contributed by atoms with Gasteiger partial charge in [0.05, 0.1) is 24.0 Å². The van der Waals surface area contributed by atoms with E-state index in [2.05, 4.69) is 0 Å². The lowest BCUT2D eigenvalue weighted by Gasteiger charge is -2.28. The molecular formula is C23H23NO6S. The Balaban J connectivity index is 1.72. The molecule has 3 aromatic rings. The first-order valence-corrected chi connectivity index (χ1v) is 11.8. The molecule has 1 aliphatic heterocycles. The van der Waals surface area contributed by atoms with Crippen molar-refractivity contribution in [2.75, 3.05) is 18.6 Å². The smallest absolute Gasteiger partial charge is 0.290 e. The van der Waals surface area contributed by atoms with Crippen LogP contribution in [0.25, 0.3) is 11.0 Å². The predicted molar refractivity (Wildman–Crippen MR) is 117 cm³/mol. The standard InChI is InChI=1S/C23H23NO6S/c1-15-3-8-19-20(25)12-22(30-21(19)11-15)23(26)24(17-9-10-31(27,28)14-17)13-16-4-6-18(29-2)7-5-16/h3-8,11-12,17H,9-10,13-14H2,1-2H3. The molecule has 1 fully saturated rings. The second-order valence-electron chi connectivity index (χ2n) is 7.81. The van der Waals surface area contributed by atoms with Gasteiger partial charge in [0.25, 0.3) is 5.91 Å². The van der Waals surface area contributed by atoms with E-state index in [0.717, 1.165) is 11.1 Å². The molecule has 0 radical (unpaired) electrons. The Labute approximate surface area is 180 Å². The van der Waals surface area contributed by atoms with Crippen molar-refractivity contribution in [3.63, 3.8) is 0 Å². The van der Waals surface area contributed by atoms with Gasteiger partial charge in [-0.2, -0.15) is 0 Å². The minimum absolute atomic E-state index is 0.0327. The normalized spacial score (nSPS) is 17.5. The summed E-state index contributed by atoms with van der Waals surface area (Å²) >= 11 is 0. The Morgan fingerprint density at radius 1 is 1.16 bits per heavy atom. The molecule has 1 aliphatic rings. The summed E-state index contributed by atoms with van der Waals surface area (Å²) in [6, 6.07) is 13.1. The molecule has 1 amide bonds. The first-order chi connectivity index (χ1) is 14.8. The number of carbonyl (C=O) groups is 1. The fourth-order valence-corrected chi connectivity index (χ4v) is 5.56. The number of methoxy groups -OCH3 is 1. The van der Waals surface area contributed by atoms with Crippen molar-refractivity contribution in [1.29, 1.82) is 0 Å². The lowest BCUT2D eigenvalue weighted by Crippen LogP contribution is -2.40. The second kappa shape index (κ2) is 8.19. The van der Waals surface area contributed by atoms with Crippen LogP contribution < -0.4 is 10.2 Å². The summed E-state index contributed by atoms with van der Waals surface area (Å²) in [6.07, 6.45) is 0.348. The molecule has 0 N–H and O–H groups in total. The Morgan fingerprint density at radius 3 is 2.55 bits per heavy atom. The molecule has 2 aromatic carbocycles. The van der Waals surface area contributed by atoms with Gasteiger partial charge < -0.3 is 14.1 Å². The molecule has 162 valence electrons. The lowest BCUT2D eigenvalue weighted by atomic mass is 10.1. The van der Waals surface area contributed by atoms with Crippen molar-refractivity contribution in [3.8, 4) is 5.75 Å². The molecule has 0 aliphatic carbocycles. The third-order valence-electron chi connectivity index (χ3n) is 5.52. The van der Waals surface area contributed by atoms with Gasteiger partial charge in [-0.25, -0.2) is 8.42 Å². The van der Waals surface area contributed by atoms with E-state index in [1.165, 1.54) is 11.0 Å². The van der Waals surface area contributed by atoms with Crippen molar-refractivity contribution < 1.29 is 22.4 Å². The van der Waals surface area contributed by atoms with Crippen LogP contribution in [0.1, 0.15) is 28.1 Å². The number of hydrogen-bond acceptors (Lipinski definition) is 6. The molecule has 0 bridgehead atoms. The summed E-state index contributed by atoms with van der Waals surface area (Å²) < 4.78 is 35.1. The van der Waals surface area contributed by atoms with E-state index in [0.29, 0.717) is 23.1 Å². The minimum Gasteiger partial charge on any atom is -0.497 e. The largest absolute Gasteiger partial charge is 0.497 e. The van der Waals surface area contributed by atoms with Crippen molar-refractivity contribution in [2.45, 2.75) is 25.9 Å². The zero-order valence-electron chi connectivity index (χ0n) is 17.3. The highest BCUT2D eigenvalue weighted by Gasteiger charge is 2.36. The molecule has 0 saturated carbocycles. The summed E-state index contributed by atoms with van der Waals surface area (Å²) in [7, 11) is -1.65. The summed E-state index contributed by atoms with van der Waals surface area (Å²) in [4.78, 5) is 27.5. The van der Waals surface area contributed by atoms with E-state index in [4.69, 9.17) is 9.15 Å². The van der Waals surface area contributed by atoms with E-state index < -0.39 is 21.8 Å². The number of amides is 1. The maximum Gasteiger partial charge on any atom is 0.290 e. The van der Waals surface area contributed by atoms with Crippen molar-refractivity contribution in [2.24, 2.45) is 0 Å². The fraction of sp³-hybridized carbons (Fsp3) is 0.304. The number of nitrogens with zero attached hydrogens (tertiary/aromatic N) is 1. The number of benzene rings is 2. The number of rotatable bonds is 5. The number of sulfone groups is 1. The van der Waals surface area contributed by atoms with Crippen LogP contribution >= 0.6 is 0 Å². The summed E-state index contributed by atoms with van der Waals surface area (Å²) in [5, 5.41) is 0.396. The third-order valence-corrected chi connectivity index (χ3v) is 7.27. The summed E-state index contributed by atoms with van der Waals surface area (Å²) in [5.74, 6) is 0.0109. The van der Waals surface area contributed by atoms with Gasteiger partial charge >= 0.3 is 0 Å². The number of ether oxygens (including phenoxy) is 1. The van der Waals surface area contributed by atoms with E-state index >= 15 is 0 Å². The molecule has 2 heterocycles. The fourth-order valence-electron chi connectivity index (χ4n) is 3.82. The van der Waals surface area contributed by atoms with Crippen LogP contribution in [0.15, 0.2) is 57.7 Å². The van der Waals surface area contributed by atoms with Crippen LogP contribution in [0.2, 0.25) is 0 Å². The first kappa shape index (κ1) is 21.1. The van der Waals surface area contributed by atoms with Crippen LogP contribution in [0, 0.1) is 6.92 Å². The quantitative estimate of drug-likeness (QED) is 0.604. The number of carbonyl (C=O) groups excluding carboxylic acids is 1. The van der Waals surface area contributed by atoms with Gasteiger partial charge in [-0.15, -0.1) is 0 Å². The van der Waals surface area contributed by atoms with Gasteiger partial charge in [-0.1, -0.05) is 18.2 Å². The lowest BCUT2D eigenvalue weighted by molar-refractivity contribution is 0.0648. The van der Waals surface area contributed by atoms with Crippen LogP contribution in [0.3, 0.4) is 0 Å². The van der Waals surface area contributed by atoms with Gasteiger partial charge in [0, 0.05) is 18.7 Å². The van der Waals surface area contributed by atoms with E-state index in [1.54, 1.807) is 37.4 Å². The highest BCUT2D eigenvalue weighted by Crippen LogP contribution is 2.24. The Kier molecular flexibility index (Phi) is 5.58. The van der Waals surface area contributed by atoms with Crippen LogP contribution in [-0.4, -0.2) is 43.9 Å². The predicted octanol–water partition coefficient (Wildman–Crippen LogP) is 2.94. The van der Waals surface area contributed by atoms with Crippen LogP contribution in [0.5, 0.6) is 5.75 Å². The molecule has 0 spiro atoms. The minimum atomic E-state index is -3.21. The zero-order valence-corrected chi connectivity index (χ0v) is 18.1. The number of fused-ring (bicyclic) bond motifs is 1. The van der Waals surface area contributed by atoms with Crippen LogP contribution in [0.4, 0.5) is 0 Å². The molecule has 1 unspecified atom stereocenters. The molecule has 7 nitrogen and oxygen atoms in total. The van der Waals surface area contributed by atoms with E-state index in [-0.39, 0.29) is 29.2 Å². The van der Waals surface area contributed by atoms with Gasteiger partial charge in [-0.05, 0) is 48.7 Å². The first-order valence-electron chi connectivity index (χ1n) is 9.94. The molecule has 1 aromatic heterocycles. The number of aryl methyl sites for hydroxylation is 1. The summed E-state index contributed by atoms with van der Waals surface area (Å²) in [5.41, 5.74) is 1.74. The topological polar surface area (TPSA) is 93.9 Å². The molecule has 4 rings (SSSR count). The van der Waals surface area contributed by atoms with Gasteiger partial charge in [0.1, 0.15) is 11.3 Å². The monoisotopic (exact) mass is 441 g/mol. The highest BCUT2D eigenvalue weighted by molar-refractivity contribution is 7.91. The van der Waals surface area contributed by atoms with Crippen molar-refractivity contribution >= 4 is 26.7 Å². The van der Waals surface area contributed by atoms with Crippen molar-refractivity contribution in [3.05, 3.63) is 75.6 Å². The van der Waals surface area contributed by atoms with Gasteiger partial charge in [0.2, 0.25) is 0 Å². The SMILES string of the molecule is COc1ccc(CN(C(=O)c2cc(=O)c3ccc(C)cc3o2)C2CCS(=O)(=O)C2)cc1. The van der Waals surface area contributed by atoms with E-state index in [9.17, 15) is 18.0 Å².